The molecule has 0 fully saturated rings. The van der Waals surface area contributed by atoms with Crippen molar-refractivity contribution in [3.05, 3.63) is 28.0 Å². The second-order valence-electron chi connectivity index (χ2n) is 1.67. The third kappa shape index (κ3) is 11.2. The predicted molar refractivity (Wildman–Crippen MR) is 79.6 cm³/mol. The molecule has 0 saturated heterocycles. The second-order valence-corrected chi connectivity index (χ2v) is 6.22. The number of hydrogen-bond acceptors (Lipinski definition) is 0. The highest BCUT2D eigenvalue weighted by molar-refractivity contribution is 6.68. The Balaban J connectivity index is 0. The van der Waals surface area contributed by atoms with Gasteiger partial charge >= 0.3 is 0 Å². The van der Waals surface area contributed by atoms with Crippen molar-refractivity contribution in [2.45, 2.75) is 0 Å². The van der Waals surface area contributed by atoms with Crippen LogP contribution in [0, 0.1) is 0 Å². The Bertz CT molecular complexity index is 276. The van der Waals surface area contributed by atoms with Gasteiger partial charge in [0.25, 0.3) is 0 Å². The molecule has 0 atom stereocenters. The van der Waals surface area contributed by atoms with Crippen LogP contribution in [0.5, 0.6) is 0 Å². The van der Waals surface area contributed by atoms with E-state index in [2.05, 4.69) is 0 Å². The summed E-state index contributed by atoms with van der Waals surface area (Å²) in [6.45, 7) is 0. The fourth-order valence-electron chi connectivity index (χ4n) is 0.166. The summed E-state index contributed by atoms with van der Waals surface area (Å²) in [4.78, 5) is 0. The molecule has 16 heavy (non-hydrogen) atoms. The zero-order chi connectivity index (χ0) is 13.5. The Morgan fingerprint density at radius 3 is 0.562 bits per heavy atom. The minimum atomic E-state index is -0.175. The van der Waals surface area contributed by atoms with Crippen LogP contribution in [0.15, 0.2) is 28.0 Å². The van der Waals surface area contributed by atoms with Gasteiger partial charge in [-0.3, -0.25) is 0 Å². The van der Waals surface area contributed by atoms with Crippen molar-refractivity contribution < 1.29 is 0 Å². The molecule has 0 radical (unpaired) electrons. The van der Waals surface area contributed by atoms with Crippen molar-refractivity contribution in [1.82, 2.24) is 0 Å². The van der Waals surface area contributed by atoms with Crippen LogP contribution < -0.4 is 0 Å². The first-order valence-corrected chi connectivity index (χ1v) is 6.67. The van der Waals surface area contributed by atoms with E-state index in [9.17, 15) is 0 Å². The van der Waals surface area contributed by atoms with Crippen LogP contribution in [0.1, 0.15) is 0 Å². The molecule has 0 aromatic carbocycles. The number of allylic oxidation sites excluding steroid dienone is 2. The first-order valence-electron chi connectivity index (χ1n) is 2.89. The Kier molecular flexibility index (Phi) is 14.0. The molecule has 0 N–H and O–H groups in total. The number of hydrogen-bond donors (Lipinski definition) is 0. The van der Waals surface area contributed by atoms with E-state index in [4.69, 9.17) is 116 Å². The fourth-order valence-corrected chi connectivity index (χ4v) is 0.926. The Morgan fingerprint density at radius 1 is 0.312 bits per heavy atom. The highest BCUT2D eigenvalue weighted by Crippen LogP contribution is 2.32. The van der Waals surface area contributed by atoms with E-state index in [0.717, 1.165) is 0 Å². The average molecular weight is 427 g/mol. The molecule has 0 unspecified atom stereocenters. The molecule has 0 spiro atoms. The highest BCUT2D eigenvalue weighted by Gasteiger charge is 2.07. The Labute approximate surface area is 143 Å². The van der Waals surface area contributed by atoms with Gasteiger partial charge in [-0.05, 0) is 0 Å². The third-order valence-corrected chi connectivity index (χ3v) is 3.81. The molecular formula is C6Cl10. The van der Waals surface area contributed by atoms with Gasteiger partial charge in [-0.1, -0.05) is 116 Å². The van der Waals surface area contributed by atoms with Crippen molar-refractivity contribution in [3.63, 3.8) is 0 Å². The molecule has 10 heteroatoms. The van der Waals surface area contributed by atoms with Crippen molar-refractivity contribution in [3.8, 4) is 0 Å². The molecule has 0 nitrogen and oxygen atoms in total. The summed E-state index contributed by atoms with van der Waals surface area (Å²) in [5, 5.41) is -0.130. The van der Waals surface area contributed by atoms with Gasteiger partial charge in [0.05, 0.1) is 10.1 Å². The normalized spacial score (nSPS) is 8.62. The predicted octanol–water partition coefficient (Wildman–Crippen LogP) is 7.83. The average Bonchev–Trinajstić information content (AvgIpc) is 2.15. The van der Waals surface area contributed by atoms with Crippen molar-refractivity contribution >= 4 is 116 Å². The molecule has 0 aliphatic carbocycles. The minimum Gasteiger partial charge on any atom is -0.0800 e. The van der Waals surface area contributed by atoms with Crippen molar-refractivity contribution in [1.29, 1.82) is 0 Å². The van der Waals surface area contributed by atoms with Crippen LogP contribution in [0.4, 0.5) is 0 Å². The molecule has 0 aliphatic heterocycles. The topological polar surface area (TPSA) is 0 Å². The van der Waals surface area contributed by atoms with E-state index >= 15 is 0 Å². The second kappa shape index (κ2) is 11.0. The third-order valence-electron chi connectivity index (χ3n) is 0.667. The summed E-state index contributed by atoms with van der Waals surface area (Å²) in [5.41, 5.74) is 0. The zero-order valence-corrected chi connectivity index (χ0v) is 14.3. The summed E-state index contributed by atoms with van der Waals surface area (Å²) in [6, 6.07) is 0. The smallest absolute Gasteiger partial charge is 0.0800 e. The van der Waals surface area contributed by atoms with Crippen LogP contribution in [0.25, 0.3) is 0 Å². The zero-order valence-electron chi connectivity index (χ0n) is 6.78. The quantitative estimate of drug-likeness (QED) is 0.375. The van der Waals surface area contributed by atoms with Crippen molar-refractivity contribution in [2.24, 2.45) is 0 Å². The van der Waals surface area contributed by atoms with Gasteiger partial charge in [0, 0.05) is 0 Å². The van der Waals surface area contributed by atoms with Gasteiger partial charge in [-0.15, -0.1) is 0 Å². The van der Waals surface area contributed by atoms with E-state index in [1.165, 1.54) is 0 Å². The van der Waals surface area contributed by atoms with Gasteiger partial charge in [0.2, 0.25) is 0 Å². The maximum atomic E-state index is 5.42. The molecule has 0 aromatic heterocycles. The summed E-state index contributed by atoms with van der Waals surface area (Å²) in [7, 11) is 0. The lowest BCUT2D eigenvalue weighted by molar-refractivity contribution is 1.84. The highest BCUT2D eigenvalue weighted by atomic mass is 35.5. The molecule has 94 valence electrons. The molecule has 0 saturated carbocycles. The summed E-state index contributed by atoms with van der Waals surface area (Å²) < 4.78 is -0.549. The largest absolute Gasteiger partial charge is 0.136 e. The summed E-state index contributed by atoms with van der Waals surface area (Å²) in [5.74, 6) is 0. The van der Waals surface area contributed by atoms with Gasteiger partial charge in [0.15, 0.2) is 0 Å². The van der Waals surface area contributed by atoms with Gasteiger partial charge < -0.3 is 0 Å². The van der Waals surface area contributed by atoms with Crippen molar-refractivity contribution in [2.75, 3.05) is 0 Å². The lowest BCUT2D eigenvalue weighted by Crippen LogP contribution is -1.73. The first kappa shape index (κ1) is 20.4. The first-order chi connectivity index (χ1) is 7.11. The van der Waals surface area contributed by atoms with Crippen LogP contribution in [0.2, 0.25) is 0 Å². The maximum Gasteiger partial charge on any atom is 0.136 e. The molecular weight excluding hydrogens is 427 g/mol. The SMILES string of the molecule is ClC(Cl)=C(Cl)C(Cl)=C(Cl)Cl.ClC(Cl)=C(Cl)Cl. The van der Waals surface area contributed by atoms with E-state index in [1.54, 1.807) is 0 Å². The molecule has 0 aliphatic rings. The summed E-state index contributed by atoms with van der Waals surface area (Å²) >= 11 is 51.8. The van der Waals surface area contributed by atoms with E-state index in [1.807, 2.05) is 0 Å². The summed E-state index contributed by atoms with van der Waals surface area (Å²) in [6.07, 6.45) is 0. The van der Waals surface area contributed by atoms with Gasteiger partial charge in [0.1, 0.15) is 18.0 Å². The molecule has 0 heterocycles. The number of halogens is 10. The fraction of sp³-hybridized carbons (Fsp3) is 0. The molecule has 0 rings (SSSR count). The lowest BCUT2D eigenvalue weighted by atomic mass is 10.6. The van der Waals surface area contributed by atoms with Crippen LogP contribution in [-0.4, -0.2) is 0 Å². The van der Waals surface area contributed by atoms with Gasteiger partial charge in [-0.25, -0.2) is 0 Å². The van der Waals surface area contributed by atoms with Crippen LogP contribution in [0.3, 0.4) is 0 Å². The Hall–Kier alpha value is 2.12. The van der Waals surface area contributed by atoms with E-state index in [-0.39, 0.29) is 28.0 Å². The van der Waals surface area contributed by atoms with E-state index < -0.39 is 0 Å². The minimum absolute atomic E-state index is 0.0648. The lowest BCUT2D eigenvalue weighted by Gasteiger charge is -1.94. The Morgan fingerprint density at radius 2 is 0.500 bits per heavy atom. The molecule has 0 aromatic rings. The monoisotopic (exact) mass is 422 g/mol. The van der Waals surface area contributed by atoms with Crippen LogP contribution in [-0.2, 0) is 0 Å². The molecule has 0 amide bonds. The standard InChI is InChI=1S/C4Cl6.C2Cl4/c5-1(3(7)8)2(6)4(9)10;3-1(4)2(5)6. The van der Waals surface area contributed by atoms with Gasteiger partial charge in [-0.2, -0.15) is 0 Å². The molecule has 0 bridgehead atoms. The van der Waals surface area contributed by atoms with E-state index in [0.29, 0.717) is 0 Å². The number of rotatable bonds is 1. The maximum absolute atomic E-state index is 5.42. The van der Waals surface area contributed by atoms with Crippen LogP contribution >= 0.6 is 116 Å².